The molecule has 0 radical (unpaired) electrons. The van der Waals surface area contributed by atoms with Crippen LogP contribution in [0.15, 0.2) is 36.8 Å². The molecule has 0 saturated carbocycles. The quantitative estimate of drug-likeness (QED) is 0.279. The first-order valence-corrected chi connectivity index (χ1v) is 8.98. The number of nitrogens with zero attached hydrogens (tertiary/aromatic N) is 6. The molecule has 2 aromatic carbocycles. The monoisotopic (exact) mass is 452 g/mol. The van der Waals surface area contributed by atoms with Crippen molar-refractivity contribution in [1.29, 1.82) is 0 Å². The molecule has 30 heavy (non-hydrogen) atoms. The fraction of sp³-hybridized carbons (Fsp3) is 0. The largest absolute Gasteiger partial charge is 0.216 e. The number of fused-ring (bicyclic) bond motifs is 3. The molecule has 3 aromatic heterocycles. The standard InChI is InChI=1S/C18H6Cl2F4N6/c19-7-1-2-8(10(20)3-7)16-27-18-9-5-26-30(17(9)25-6-29(18)28-16)15-13(23)11(21)4-12(22)14(15)24/h1-6H. The number of aromatic nitrogens is 6. The Balaban J connectivity index is 1.75. The fourth-order valence-electron chi connectivity index (χ4n) is 3.02. The summed E-state index contributed by atoms with van der Waals surface area (Å²) in [6, 6.07) is 4.89. The van der Waals surface area contributed by atoms with Gasteiger partial charge >= 0.3 is 0 Å². The molecule has 0 saturated heterocycles. The molecule has 0 amide bonds. The second-order valence-corrected chi connectivity index (χ2v) is 7.03. The Bertz CT molecular complexity index is 1450. The first-order chi connectivity index (χ1) is 14.3. The summed E-state index contributed by atoms with van der Waals surface area (Å²) in [7, 11) is 0. The molecule has 5 aromatic rings. The van der Waals surface area contributed by atoms with Gasteiger partial charge in [-0.3, -0.25) is 0 Å². The fourth-order valence-corrected chi connectivity index (χ4v) is 3.51. The van der Waals surface area contributed by atoms with E-state index in [9.17, 15) is 17.6 Å². The molecule has 6 nitrogen and oxygen atoms in total. The Labute approximate surface area is 174 Å². The number of hydrogen-bond donors (Lipinski definition) is 0. The Kier molecular flexibility index (Phi) is 4.16. The van der Waals surface area contributed by atoms with Gasteiger partial charge in [0, 0.05) is 16.7 Å². The smallest absolute Gasteiger partial charge is 0.187 e. The molecule has 0 bridgehead atoms. The highest BCUT2D eigenvalue weighted by molar-refractivity contribution is 6.36. The van der Waals surface area contributed by atoms with Crippen LogP contribution in [-0.2, 0) is 0 Å². The van der Waals surface area contributed by atoms with Gasteiger partial charge < -0.3 is 0 Å². The van der Waals surface area contributed by atoms with E-state index in [2.05, 4.69) is 20.2 Å². The van der Waals surface area contributed by atoms with Crippen LogP contribution in [0.4, 0.5) is 17.6 Å². The number of halogens is 6. The molecule has 0 fully saturated rings. The van der Waals surface area contributed by atoms with Crippen molar-refractivity contribution >= 4 is 39.9 Å². The van der Waals surface area contributed by atoms with E-state index in [0.29, 0.717) is 20.3 Å². The topological polar surface area (TPSA) is 60.9 Å². The predicted molar refractivity (Wildman–Crippen MR) is 101 cm³/mol. The summed E-state index contributed by atoms with van der Waals surface area (Å²) in [5.41, 5.74) is -0.370. The van der Waals surface area contributed by atoms with Crippen LogP contribution in [0.2, 0.25) is 10.0 Å². The Morgan fingerprint density at radius 1 is 0.900 bits per heavy atom. The van der Waals surface area contributed by atoms with Crippen molar-refractivity contribution in [3.63, 3.8) is 0 Å². The summed E-state index contributed by atoms with van der Waals surface area (Å²) < 4.78 is 57.7. The van der Waals surface area contributed by atoms with Gasteiger partial charge in [-0.05, 0) is 18.2 Å². The highest BCUT2D eigenvalue weighted by atomic mass is 35.5. The van der Waals surface area contributed by atoms with E-state index in [1.807, 2.05) is 0 Å². The molecule has 3 heterocycles. The van der Waals surface area contributed by atoms with Gasteiger partial charge in [-0.25, -0.2) is 36.7 Å². The minimum atomic E-state index is -1.60. The molecule has 5 rings (SSSR count). The molecule has 12 heteroatoms. The Hall–Kier alpha value is -3.24. The third kappa shape index (κ3) is 2.71. The molecule has 150 valence electrons. The zero-order chi connectivity index (χ0) is 21.2. The highest BCUT2D eigenvalue weighted by Crippen LogP contribution is 2.30. The summed E-state index contributed by atoms with van der Waals surface area (Å²) in [6.45, 7) is 0. The van der Waals surface area contributed by atoms with Crippen LogP contribution >= 0.6 is 23.2 Å². The summed E-state index contributed by atoms with van der Waals surface area (Å²) in [5.74, 6) is -6.08. The number of benzene rings is 2. The van der Waals surface area contributed by atoms with Crippen LogP contribution < -0.4 is 0 Å². The average molecular weight is 453 g/mol. The maximum Gasteiger partial charge on any atom is 0.187 e. The minimum Gasteiger partial charge on any atom is -0.216 e. The van der Waals surface area contributed by atoms with E-state index < -0.39 is 29.0 Å². The van der Waals surface area contributed by atoms with Gasteiger partial charge in [0.15, 0.2) is 40.4 Å². The summed E-state index contributed by atoms with van der Waals surface area (Å²) in [4.78, 5) is 8.44. The lowest BCUT2D eigenvalue weighted by atomic mass is 10.2. The van der Waals surface area contributed by atoms with Gasteiger partial charge in [0.05, 0.1) is 16.6 Å². The summed E-state index contributed by atoms with van der Waals surface area (Å²) in [5, 5.41) is 9.12. The molecule has 0 unspecified atom stereocenters. The highest BCUT2D eigenvalue weighted by Gasteiger charge is 2.24. The van der Waals surface area contributed by atoms with Crippen LogP contribution in [0.25, 0.3) is 33.8 Å². The van der Waals surface area contributed by atoms with Gasteiger partial charge in [-0.2, -0.15) is 5.10 Å². The average Bonchev–Trinajstić information content (AvgIpc) is 3.31. The third-order valence-corrected chi connectivity index (χ3v) is 4.93. The van der Waals surface area contributed by atoms with E-state index >= 15 is 0 Å². The molecule has 0 spiro atoms. The van der Waals surface area contributed by atoms with Crippen molar-refractivity contribution in [2.24, 2.45) is 0 Å². The van der Waals surface area contributed by atoms with Gasteiger partial charge in [-0.1, -0.05) is 23.2 Å². The van der Waals surface area contributed by atoms with Gasteiger partial charge in [0.25, 0.3) is 0 Å². The van der Waals surface area contributed by atoms with Crippen molar-refractivity contribution < 1.29 is 17.6 Å². The Morgan fingerprint density at radius 2 is 1.63 bits per heavy atom. The van der Waals surface area contributed by atoms with Crippen LogP contribution in [0.5, 0.6) is 0 Å². The summed E-state index contributed by atoms with van der Waals surface area (Å²) >= 11 is 12.1. The number of rotatable bonds is 2. The van der Waals surface area contributed by atoms with E-state index in [-0.39, 0.29) is 28.6 Å². The van der Waals surface area contributed by atoms with Crippen LogP contribution in [0.1, 0.15) is 0 Å². The van der Waals surface area contributed by atoms with Crippen molar-refractivity contribution in [2.75, 3.05) is 0 Å². The molecular formula is C18H6Cl2F4N6. The lowest BCUT2D eigenvalue weighted by Crippen LogP contribution is -2.08. The first kappa shape index (κ1) is 18.8. The van der Waals surface area contributed by atoms with Crippen LogP contribution in [0.3, 0.4) is 0 Å². The third-order valence-electron chi connectivity index (χ3n) is 4.38. The Morgan fingerprint density at radius 3 is 2.33 bits per heavy atom. The lowest BCUT2D eigenvalue weighted by molar-refractivity contribution is 0.445. The van der Waals surface area contributed by atoms with E-state index in [1.54, 1.807) is 12.1 Å². The van der Waals surface area contributed by atoms with Crippen LogP contribution in [0, 0.1) is 23.3 Å². The lowest BCUT2D eigenvalue weighted by Gasteiger charge is -2.07. The van der Waals surface area contributed by atoms with E-state index in [0.717, 1.165) is 0 Å². The summed E-state index contributed by atoms with van der Waals surface area (Å²) in [6.07, 6.45) is 2.43. The van der Waals surface area contributed by atoms with Crippen molar-refractivity contribution in [3.8, 4) is 17.1 Å². The predicted octanol–water partition coefficient (Wildman–Crippen LogP) is 4.99. The SMILES string of the molecule is Fc1cc(F)c(F)c(-n2ncc3c2ncn2nc(-c4ccc(Cl)cc4Cl)nc32)c1F. The molecule has 0 aliphatic heterocycles. The second-order valence-electron chi connectivity index (χ2n) is 6.18. The molecule has 0 aliphatic rings. The van der Waals surface area contributed by atoms with Crippen molar-refractivity contribution in [2.45, 2.75) is 0 Å². The first-order valence-electron chi connectivity index (χ1n) is 8.23. The molecular weight excluding hydrogens is 447 g/mol. The zero-order valence-corrected chi connectivity index (χ0v) is 15.9. The van der Waals surface area contributed by atoms with Gasteiger partial charge in [-0.15, -0.1) is 5.10 Å². The van der Waals surface area contributed by atoms with Crippen molar-refractivity contribution in [1.82, 2.24) is 29.4 Å². The van der Waals surface area contributed by atoms with Crippen LogP contribution in [-0.4, -0.2) is 29.4 Å². The molecule has 0 N–H and O–H groups in total. The minimum absolute atomic E-state index is 0.0774. The maximum absolute atomic E-state index is 14.2. The van der Waals surface area contributed by atoms with E-state index in [4.69, 9.17) is 23.2 Å². The molecule has 0 aliphatic carbocycles. The maximum atomic E-state index is 14.2. The van der Waals surface area contributed by atoms with Gasteiger partial charge in [0.2, 0.25) is 0 Å². The molecule has 0 atom stereocenters. The zero-order valence-electron chi connectivity index (χ0n) is 14.4. The number of hydrogen-bond acceptors (Lipinski definition) is 4. The second kappa shape index (κ2) is 6.64. The van der Waals surface area contributed by atoms with E-state index in [1.165, 1.54) is 23.1 Å². The van der Waals surface area contributed by atoms with Gasteiger partial charge in [0.1, 0.15) is 12.0 Å². The van der Waals surface area contributed by atoms with Crippen molar-refractivity contribution in [3.05, 3.63) is 70.1 Å². The normalized spacial score (nSPS) is 11.7.